The highest BCUT2D eigenvalue weighted by Crippen LogP contribution is 2.16. The molecular weight excluding hydrogens is 264 g/mol. The van der Waals surface area contributed by atoms with E-state index in [1.165, 1.54) is 0 Å². The van der Waals surface area contributed by atoms with E-state index in [2.05, 4.69) is 4.74 Å². The van der Waals surface area contributed by atoms with Crippen LogP contribution < -0.4 is 0 Å². The first-order chi connectivity index (χ1) is 9.46. The summed E-state index contributed by atoms with van der Waals surface area (Å²) in [6, 6.07) is 0. The Morgan fingerprint density at radius 2 is 1.50 bits per heavy atom. The summed E-state index contributed by atoms with van der Waals surface area (Å²) in [4.78, 5) is 22.7. The third kappa shape index (κ3) is 7.01. The average Bonchev–Trinajstić information content (AvgIpc) is 2.37. The third-order valence-corrected chi connectivity index (χ3v) is 2.47. The summed E-state index contributed by atoms with van der Waals surface area (Å²) in [7, 11) is 0. The number of hydrogen-bond donors (Lipinski definition) is 2. The van der Waals surface area contributed by atoms with Crippen molar-refractivity contribution in [3.63, 3.8) is 0 Å². The van der Waals surface area contributed by atoms with Crippen molar-refractivity contribution in [3.8, 4) is 0 Å². The van der Waals surface area contributed by atoms with Crippen molar-refractivity contribution >= 4 is 11.9 Å². The molecule has 0 fully saturated rings. The number of esters is 2. The van der Waals surface area contributed by atoms with E-state index in [4.69, 9.17) is 4.74 Å². The van der Waals surface area contributed by atoms with E-state index in [-0.39, 0.29) is 12.8 Å². The molecule has 20 heavy (non-hydrogen) atoms. The zero-order valence-corrected chi connectivity index (χ0v) is 12.3. The molecule has 0 aliphatic heterocycles. The number of rotatable bonds is 9. The molecule has 0 saturated carbocycles. The van der Waals surface area contributed by atoms with Gasteiger partial charge in [-0.25, -0.2) is 0 Å². The second kappa shape index (κ2) is 10.1. The SMILES string of the molecule is CCCC(=O)O/C(O)=C(\O)C(CCC)OC(=O)CCC. The van der Waals surface area contributed by atoms with Crippen LogP contribution >= 0.6 is 0 Å². The van der Waals surface area contributed by atoms with Crippen molar-refractivity contribution in [2.45, 2.75) is 65.4 Å². The van der Waals surface area contributed by atoms with Crippen LogP contribution in [0.15, 0.2) is 11.7 Å². The van der Waals surface area contributed by atoms with Gasteiger partial charge >= 0.3 is 17.9 Å². The molecule has 0 aromatic carbocycles. The Hall–Kier alpha value is -1.72. The largest absolute Gasteiger partial charge is 0.503 e. The second-order valence-corrected chi connectivity index (χ2v) is 4.43. The minimum absolute atomic E-state index is 0.130. The van der Waals surface area contributed by atoms with Crippen LogP contribution in [0.4, 0.5) is 0 Å². The molecular formula is C14H24O6. The molecule has 0 heterocycles. The van der Waals surface area contributed by atoms with E-state index in [0.717, 1.165) is 0 Å². The molecule has 0 aliphatic rings. The summed E-state index contributed by atoms with van der Waals surface area (Å²) in [6.45, 7) is 5.46. The lowest BCUT2D eigenvalue weighted by molar-refractivity contribution is -0.150. The van der Waals surface area contributed by atoms with Gasteiger partial charge in [0, 0.05) is 12.8 Å². The van der Waals surface area contributed by atoms with Gasteiger partial charge in [0.2, 0.25) is 5.76 Å². The summed E-state index contributed by atoms with van der Waals surface area (Å²) >= 11 is 0. The molecule has 0 spiro atoms. The summed E-state index contributed by atoms with van der Waals surface area (Å²) in [5.74, 6) is -2.64. The zero-order valence-electron chi connectivity index (χ0n) is 12.3. The number of ether oxygens (including phenoxy) is 2. The molecule has 0 radical (unpaired) electrons. The van der Waals surface area contributed by atoms with Crippen LogP contribution in [0.1, 0.15) is 59.3 Å². The molecule has 6 heteroatoms. The van der Waals surface area contributed by atoms with Crippen molar-refractivity contribution in [1.29, 1.82) is 0 Å². The molecule has 1 unspecified atom stereocenters. The molecule has 1 atom stereocenters. The van der Waals surface area contributed by atoms with E-state index in [1.54, 1.807) is 6.92 Å². The second-order valence-electron chi connectivity index (χ2n) is 4.43. The Labute approximate surface area is 119 Å². The maximum absolute atomic E-state index is 11.4. The highest BCUT2D eigenvalue weighted by Gasteiger charge is 2.23. The maximum Gasteiger partial charge on any atom is 0.328 e. The predicted octanol–water partition coefficient (Wildman–Crippen LogP) is 3.13. The van der Waals surface area contributed by atoms with Crippen LogP contribution in [-0.4, -0.2) is 28.3 Å². The molecule has 2 N–H and O–H groups in total. The first-order valence-electron chi connectivity index (χ1n) is 6.98. The Morgan fingerprint density at radius 3 is 2.00 bits per heavy atom. The van der Waals surface area contributed by atoms with Gasteiger partial charge in [0.1, 0.15) is 0 Å². The molecule has 0 saturated heterocycles. The van der Waals surface area contributed by atoms with E-state index >= 15 is 0 Å². The fourth-order valence-corrected chi connectivity index (χ4v) is 1.49. The molecule has 0 bridgehead atoms. The molecule has 6 nitrogen and oxygen atoms in total. The van der Waals surface area contributed by atoms with E-state index in [0.29, 0.717) is 25.7 Å². The van der Waals surface area contributed by atoms with Crippen molar-refractivity contribution in [1.82, 2.24) is 0 Å². The van der Waals surface area contributed by atoms with Crippen molar-refractivity contribution < 1.29 is 29.3 Å². The van der Waals surface area contributed by atoms with Crippen molar-refractivity contribution in [2.24, 2.45) is 0 Å². The average molecular weight is 288 g/mol. The van der Waals surface area contributed by atoms with Gasteiger partial charge in [-0.05, 0) is 19.3 Å². The van der Waals surface area contributed by atoms with E-state index in [1.807, 2.05) is 13.8 Å². The topological polar surface area (TPSA) is 93.1 Å². The Balaban J connectivity index is 4.78. The van der Waals surface area contributed by atoms with E-state index in [9.17, 15) is 19.8 Å². The molecule has 0 rings (SSSR count). The lowest BCUT2D eigenvalue weighted by Crippen LogP contribution is -2.22. The smallest absolute Gasteiger partial charge is 0.328 e. The lowest BCUT2D eigenvalue weighted by Gasteiger charge is -2.17. The highest BCUT2D eigenvalue weighted by atomic mass is 16.6. The van der Waals surface area contributed by atoms with Crippen LogP contribution in [0.5, 0.6) is 0 Å². The first kappa shape index (κ1) is 18.3. The van der Waals surface area contributed by atoms with Gasteiger partial charge in [-0.2, -0.15) is 0 Å². The van der Waals surface area contributed by atoms with Crippen LogP contribution in [0.2, 0.25) is 0 Å². The van der Waals surface area contributed by atoms with Crippen molar-refractivity contribution in [2.75, 3.05) is 0 Å². The normalized spacial score (nSPS) is 13.3. The Bertz CT molecular complexity index is 348. The summed E-state index contributed by atoms with van der Waals surface area (Å²) in [6.07, 6.45) is 1.51. The number of aliphatic hydroxyl groups is 2. The molecule has 116 valence electrons. The predicted molar refractivity (Wildman–Crippen MR) is 73.0 cm³/mol. The first-order valence-corrected chi connectivity index (χ1v) is 6.98. The van der Waals surface area contributed by atoms with Crippen LogP contribution in [0.25, 0.3) is 0 Å². The highest BCUT2D eigenvalue weighted by molar-refractivity contribution is 5.70. The zero-order chi connectivity index (χ0) is 15.5. The van der Waals surface area contributed by atoms with E-state index < -0.39 is 29.7 Å². The van der Waals surface area contributed by atoms with Gasteiger partial charge in [-0.3, -0.25) is 9.59 Å². The molecule has 0 aromatic heterocycles. The van der Waals surface area contributed by atoms with Crippen LogP contribution in [0.3, 0.4) is 0 Å². The van der Waals surface area contributed by atoms with Crippen molar-refractivity contribution in [3.05, 3.63) is 11.7 Å². The van der Waals surface area contributed by atoms with Gasteiger partial charge in [-0.15, -0.1) is 0 Å². The minimum atomic E-state index is -0.992. The van der Waals surface area contributed by atoms with Gasteiger partial charge in [0.25, 0.3) is 0 Å². The number of carbonyl (C=O) groups is 2. The monoisotopic (exact) mass is 288 g/mol. The number of carbonyl (C=O) groups excluding carboxylic acids is 2. The van der Waals surface area contributed by atoms with Gasteiger partial charge in [-0.1, -0.05) is 27.2 Å². The van der Waals surface area contributed by atoms with Gasteiger partial charge in [0.15, 0.2) is 6.10 Å². The fraction of sp³-hybridized carbons (Fsp3) is 0.714. The number of hydrogen-bond acceptors (Lipinski definition) is 6. The quantitative estimate of drug-likeness (QED) is 0.500. The maximum atomic E-state index is 11.4. The van der Waals surface area contributed by atoms with Gasteiger partial charge < -0.3 is 19.7 Å². The molecule has 0 amide bonds. The standard InChI is InChI=1S/C14H24O6/c1-4-7-10(19-11(15)8-5-2)13(17)14(18)20-12(16)9-6-3/h10,17-18H,4-9H2,1-3H3/b14-13-. The summed E-state index contributed by atoms with van der Waals surface area (Å²) in [5.41, 5.74) is 0. The van der Waals surface area contributed by atoms with Crippen LogP contribution in [0, 0.1) is 0 Å². The van der Waals surface area contributed by atoms with Gasteiger partial charge in [0.05, 0.1) is 0 Å². The molecule has 0 aliphatic carbocycles. The lowest BCUT2D eigenvalue weighted by atomic mass is 10.2. The Morgan fingerprint density at radius 1 is 0.950 bits per heavy atom. The Kier molecular flexibility index (Phi) is 9.24. The summed E-state index contributed by atoms with van der Waals surface area (Å²) < 4.78 is 9.63. The summed E-state index contributed by atoms with van der Waals surface area (Å²) in [5, 5.41) is 19.4. The van der Waals surface area contributed by atoms with Crippen LogP contribution in [-0.2, 0) is 19.1 Å². The number of aliphatic hydroxyl groups excluding tert-OH is 2. The fourth-order valence-electron chi connectivity index (χ4n) is 1.49. The minimum Gasteiger partial charge on any atom is -0.503 e. The third-order valence-electron chi connectivity index (χ3n) is 2.47. The molecule has 0 aromatic rings.